The van der Waals surface area contributed by atoms with E-state index < -0.39 is 0 Å². The lowest BCUT2D eigenvalue weighted by atomic mass is 10.1. The van der Waals surface area contributed by atoms with E-state index >= 15 is 0 Å². The van der Waals surface area contributed by atoms with Crippen LogP contribution in [0.1, 0.15) is 0 Å². The second kappa shape index (κ2) is 5.00. The minimum Gasteiger partial charge on any atom is -0.344 e. The third kappa shape index (κ3) is 1.62. The topological polar surface area (TPSA) is 9.86 Å². The van der Waals surface area contributed by atoms with Gasteiger partial charge in [-0.15, -0.1) is 0 Å². The van der Waals surface area contributed by atoms with E-state index in [1.807, 2.05) is 11.8 Å². The molecule has 0 bridgehead atoms. The van der Waals surface area contributed by atoms with Crippen molar-refractivity contribution in [2.45, 2.75) is 9.79 Å². The zero-order valence-corrected chi connectivity index (χ0v) is 16.1. The van der Waals surface area contributed by atoms with Crippen molar-refractivity contribution in [3.05, 3.63) is 78.9 Å². The first-order valence-corrected chi connectivity index (χ1v) is 10.3. The number of hydrogen-bond donors (Lipinski definition) is 0. The Bertz CT molecular complexity index is 1600. The van der Waals surface area contributed by atoms with Gasteiger partial charge in [-0.1, -0.05) is 60.3 Å². The summed E-state index contributed by atoms with van der Waals surface area (Å²) in [6, 6.07) is 28.7. The van der Waals surface area contributed by atoms with E-state index in [0.29, 0.717) is 0 Å². The van der Waals surface area contributed by atoms with Crippen molar-refractivity contribution in [1.82, 2.24) is 9.13 Å². The summed E-state index contributed by atoms with van der Waals surface area (Å²) in [4.78, 5) is 2.65. The highest BCUT2D eigenvalue weighted by Crippen LogP contribution is 2.50. The van der Waals surface area contributed by atoms with Crippen LogP contribution in [-0.4, -0.2) is 9.13 Å². The third-order valence-electron chi connectivity index (χ3n) is 6.10. The fourth-order valence-corrected chi connectivity index (χ4v) is 6.05. The molecule has 4 aromatic carbocycles. The van der Waals surface area contributed by atoms with Crippen LogP contribution in [0.4, 0.5) is 0 Å². The number of benzene rings is 4. The first-order chi connectivity index (χ1) is 13.8. The maximum atomic E-state index is 2.47. The third-order valence-corrected chi connectivity index (χ3v) is 7.20. The van der Waals surface area contributed by atoms with Crippen molar-refractivity contribution in [1.29, 1.82) is 0 Å². The highest BCUT2D eigenvalue weighted by molar-refractivity contribution is 7.99. The summed E-state index contributed by atoms with van der Waals surface area (Å²) >= 11 is 1.89. The summed E-state index contributed by atoms with van der Waals surface area (Å²) < 4.78 is 4.81. The van der Waals surface area contributed by atoms with Crippen molar-refractivity contribution >= 4 is 55.4 Å². The first kappa shape index (κ1) is 14.8. The van der Waals surface area contributed by atoms with E-state index in [0.717, 1.165) is 0 Å². The Morgan fingerprint density at radius 1 is 0.643 bits per heavy atom. The molecule has 1 aliphatic rings. The van der Waals surface area contributed by atoms with E-state index in [-0.39, 0.29) is 0 Å². The Labute approximate surface area is 166 Å². The monoisotopic (exact) mass is 376 g/mol. The lowest BCUT2D eigenvalue weighted by Gasteiger charge is -2.20. The predicted molar refractivity (Wildman–Crippen MR) is 119 cm³/mol. The zero-order chi connectivity index (χ0) is 18.4. The summed E-state index contributed by atoms with van der Waals surface area (Å²) in [5.41, 5.74) is 6.50. The average Bonchev–Trinajstić information content (AvgIpc) is 3.23. The lowest BCUT2D eigenvalue weighted by molar-refractivity contribution is 1.01. The van der Waals surface area contributed by atoms with Gasteiger partial charge in [-0.05, 0) is 30.3 Å². The van der Waals surface area contributed by atoms with E-state index in [1.165, 1.54) is 59.1 Å². The molecule has 0 saturated carbocycles. The van der Waals surface area contributed by atoms with Crippen LogP contribution < -0.4 is 0 Å². The number of nitrogens with zero attached hydrogens (tertiary/aromatic N) is 2. The Balaban J connectivity index is 1.87. The lowest BCUT2D eigenvalue weighted by Crippen LogP contribution is -2.01. The largest absolute Gasteiger partial charge is 0.344 e. The van der Waals surface area contributed by atoms with Crippen LogP contribution in [-0.2, 0) is 7.05 Å². The molecule has 2 aromatic heterocycles. The van der Waals surface area contributed by atoms with Crippen molar-refractivity contribution < 1.29 is 0 Å². The maximum absolute atomic E-state index is 2.47. The molecule has 1 aliphatic heterocycles. The molecule has 0 aliphatic carbocycles. The highest BCUT2D eigenvalue weighted by atomic mass is 32.2. The molecular weight excluding hydrogens is 360 g/mol. The predicted octanol–water partition coefficient (Wildman–Crippen LogP) is 6.89. The van der Waals surface area contributed by atoms with Gasteiger partial charge in [-0.25, -0.2) is 0 Å². The van der Waals surface area contributed by atoms with Crippen molar-refractivity contribution in [3.8, 4) is 5.69 Å². The first-order valence-electron chi connectivity index (χ1n) is 9.53. The molecule has 7 rings (SSSR count). The van der Waals surface area contributed by atoms with E-state index in [9.17, 15) is 0 Å². The second-order valence-corrected chi connectivity index (χ2v) is 8.57. The smallest absolute Gasteiger partial charge is 0.0688 e. The summed E-state index contributed by atoms with van der Waals surface area (Å²) in [5, 5.41) is 5.41. The Morgan fingerprint density at radius 2 is 1.32 bits per heavy atom. The fraction of sp³-hybridized carbons (Fsp3) is 0.0400. The van der Waals surface area contributed by atoms with Crippen LogP contribution in [0, 0.1) is 0 Å². The van der Waals surface area contributed by atoms with E-state index in [1.54, 1.807) is 0 Å². The number of para-hydroxylation sites is 3. The normalized spacial score (nSPS) is 13.0. The zero-order valence-electron chi connectivity index (χ0n) is 15.3. The molecule has 3 heteroatoms. The van der Waals surface area contributed by atoms with Crippen LogP contribution in [0.3, 0.4) is 0 Å². The molecule has 6 aromatic rings. The summed E-state index contributed by atoms with van der Waals surface area (Å²) in [6.45, 7) is 0. The average molecular weight is 376 g/mol. The molecule has 28 heavy (non-hydrogen) atoms. The van der Waals surface area contributed by atoms with Crippen LogP contribution >= 0.6 is 11.8 Å². The number of aromatic nitrogens is 2. The van der Waals surface area contributed by atoms with Crippen molar-refractivity contribution in [3.63, 3.8) is 0 Å². The van der Waals surface area contributed by atoms with E-state index in [4.69, 9.17) is 0 Å². The van der Waals surface area contributed by atoms with Gasteiger partial charge in [0.2, 0.25) is 0 Å². The molecule has 0 spiro atoms. The number of fused-ring (bicyclic) bond motifs is 9. The minimum absolute atomic E-state index is 1.28. The van der Waals surface area contributed by atoms with Crippen LogP contribution in [0.5, 0.6) is 0 Å². The summed E-state index contributed by atoms with van der Waals surface area (Å²) in [7, 11) is 2.18. The van der Waals surface area contributed by atoms with Gasteiger partial charge < -0.3 is 9.13 Å². The van der Waals surface area contributed by atoms with Crippen molar-refractivity contribution in [2.75, 3.05) is 0 Å². The Morgan fingerprint density at radius 3 is 2.18 bits per heavy atom. The van der Waals surface area contributed by atoms with Gasteiger partial charge in [0.1, 0.15) is 0 Å². The SMILES string of the molecule is Cn1c2ccccc2c2c3c4ccccc4n4c3c(cc21)Sc1ccccc1-4. The summed E-state index contributed by atoms with van der Waals surface area (Å²) in [5.74, 6) is 0. The molecule has 2 nitrogen and oxygen atoms in total. The van der Waals surface area contributed by atoms with Gasteiger partial charge >= 0.3 is 0 Å². The molecular formula is C25H16N2S. The van der Waals surface area contributed by atoms with Gasteiger partial charge in [-0.3, -0.25) is 0 Å². The van der Waals surface area contributed by atoms with Gasteiger partial charge in [-0.2, -0.15) is 0 Å². The van der Waals surface area contributed by atoms with Crippen LogP contribution in [0.2, 0.25) is 0 Å². The second-order valence-electron chi connectivity index (χ2n) is 7.49. The number of hydrogen-bond acceptors (Lipinski definition) is 1. The minimum atomic E-state index is 1.28. The molecule has 3 heterocycles. The van der Waals surface area contributed by atoms with E-state index in [2.05, 4.69) is 95.0 Å². The standard InChI is InChI=1S/C25H16N2S/c1-26-17-10-4-2-8-15(17)23-20(26)14-22-25-24(23)16-9-3-5-11-18(16)27(25)19-12-6-7-13-21(19)28-22/h2-14H,1H3. The quantitative estimate of drug-likeness (QED) is 0.280. The number of rotatable bonds is 0. The summed E-state index contributed by atoms with van der Waals surface area (Å²) in [6.07, 6.45) is 0. The van der Waals surface area contributed by atoms with Crippen molar-refractivity contribution in [2.24, 2.45) is 7.05 Å². The van der Waals surface area contributed by atoms with Crippen LogP contribution in [0.15, 0.2) is 88.7 Å². The maximum Gasteiger partial charge on any atom is 0.0688 e. The van der Waals surface area contributed by atoms with Gasteiger partial charge in [0.25, 0.3) is 0 Å². The number of aryl methyl sites for hydroxylation is 1. The Kier molecular flexibility index (Phi) is 2.65. The fourth-order valence-electron chi connectivity index (χ4n) is 4.94. The molecule has 0 unspecified atom stereocenters. The Hall–Kier alpha value is -3.17. The molecule has 0 amide bonds. The van der Waals surface area contributed by atoms with Gasteiger partial charge in [0, 0.05) is 43.9 Å². The molecule has 0 radical (unpaired) electrons. The van der Waals surface area contributed by atoms with Crippen LogP contribution in [0.25, 0.3) is 49.3 Å². The molecule has 0 N–H and O–H groups in total. The van der Waals surface area contributed by atoms with Gasteiger partial charge in [0.15, 0.2) is 0 Å². The van der Waals surface area contributed by atoms with Gasteiger partial charge in [0.05, 0.1) is 22.2 Å². The molecule has 0 atom stereocenters. The molecule has 132 valence electrons. The molecule has 0 saturated heterocycles. The molecule has 0 fully saturated rings. The highest BCUT2D eigenvalue weighted by Gasteiger charge is 2.26.